The Kier molecular flexibility index (Phi) is 5.05. The van der Waals surface area contributed by atoms with Crippen LogP contribution in [0, 0.1) is 6.92 Å². The number of rotatable bonds is 5. The first-order valence-electron chi connectivity index (χ1n) is 11.3. The minimum Gasteiger partial charge on any atom is -0.611 e. The molecule has 9 heteroatoms. The van der Waals surface area contributed by atoms with Crippen molar-refractivity contribution in [1.82, 2.24) is 15.0 Å². The van der Waals surface area contributed by atoms with Crippen molar-refractivity contribution in [1.29, 1.82) is 0 Å². The van der Waals surface area contributed by atoms with E-state index < -0.39 is 11.2 Å². The smallest absolute Gasteiger partial charge is 0.227 e. The molecule has 1 aromatic carbocycles. The van der Waals surface area contributed by atoms with Crippen LogP contribution in [-0.4, -0.2) is 55.6 Å². The Morgan fingerprint density at radius 2 is 2.06 bits per heavy atom. The van der Waals surface area contributed by atoms with Crippen LogP contribution in [-0.2, 0) is 17.6 Å². The van der Waals surface area contributed by atoms with Crippen molar-refractivity contribution in [3.8, 4) is 0 Å². The summed E-state index contributed by atoms with van der Waals surface area (Å²) in [5.41, 5.74) is 2.95. The van der Waals surface area contributed by atoms with Gasteiger partial charge in [0.1, 0.15) is 11.4 Å². The van der Waals surface area contributed by atoms with Gasteiger partial charge >= 0.3 is 0 Å². The Hall–Kier alpha value is -1.94. The van der Waals surface area contributed by atoms with Crippen molar-refractivity contribution in [2.75, 3.05) is 35.7 Å². The zero-order valence-corrected chi connectivity index (χ0v) is 19.8. The quantitative estimate of drug-likeness (QED) is 0.553. The molecule has 1 atom stereocenters. The Balaban J connectivity index is 1.22. The largest absolute Gasteiger partial charge is 0.611 e. The third kappa shape index (κ3) is 3.65. The lowest BCUT2D eigenvalue weighted by atomic mass is 9.98. The average molecular weight is 470 g/mol. The number of nitrogens with zero attached hydrogens (tertiary/aromatic N) is 4. The molecule has 4 heterocycles. The van der Waals surface area contributed by atoms with Crippen LogP contribution in [0.25, 0.3) is 10.2 Å². The Bertz CT molecular complexity index is 1170. The Morgan fingerprint density at radius 1 is 1.25 bits per heavy atom. The number of nitrogens with one attached hydrogen (secondary N) is 1. The van der Waals surface area contributed by atoms with E-state index in [1.807, 2.05) is 11.3 Å². The molecule has 1 saturated heterocycles. The Labute approximate surface area is 194 Å². The normalized spacial score (nSPS) is 22.3. The molecule has 2 aromatic heterocycles. The number of benzene rings is 1. The van der Waals surface area contributed by atoms with Gasteiger partial charge in [0.15, 0.2) is 5.82 Å². The second-order valence-electron chi connectivity index (χ2n) is 9.30. The molecule has 1 unspecified atom stereocenters. The van der Waals surface area contributed by atoms with Crippen LogP contribution < -0.4 is 10.2 Å². The molecule has 3 aliphatic rings. The van der Waals surface area contributed by atoms with Crippen molar-refractivity contribution in [2.24, 2.45) is 0 Å². The Morgan fingerprint density at radius 3 is 2.81 bits per heavy atom. The molecular formula is C23H27N5O2S2. The van der Waals surface area contributed by atoms with Gasteiger partial charge in [0, 0.05) is 25.4 Å². The predicted octanol–water partition coefficient (Wildman–Crippen LogP) is 3.38. The van der Waals surface area contributed by atoms with Crippen molar-refractivity contribution in [3.05, 3.63) is 34.5 Å². The molecule has 1 saturated carbocycles. The summed E-state index contributed by atoms with van der Waals surface area (Å²) in [4.78, 5) is 17.5. The first kappa shape index (κ1) is 20.7. The molecule has 1 aliphatic carbocycles. The highest BCUT2D eigenvalue weighted by atomic mass is 32.2. The number of piperidine rings is 1. The van der Waals surface area contributed by atoms with E-state index in [9.17, 15) is 9.66 Å². The zero-order chi connectivity index (χ0) is 21.9. The van der Waals surface area contributed by atoms with Crippen molar-refractivity contribution in [3.63, 3.8) is 0 Å². The summed E-state index contributed by atoms with van der Waals surface area (Å²) in [5, 5.41) is 14.4. The van der Waals surface area contributed by atoms with Crippen LogP contribution in [0.1, 0.15) is 47.9 Å². The maximum Gasteiger partial charge on any atom is 0.227 e. The van der Waals surface area contributed by atoms with Crippen LogP contribution in [0.2, 0.25) is 0 Å². The van der Waals surface area contributed by atoms with E-state index in [2.05, 4.69) is 35.3 Å². The standard InChI is InChI=1S/C23H27N5O2S2/c1-14-2-3-18-17(12-14)24-21(31-18)15-4-9-28(10-5-15)22-25-16-6-11-32(30)19(16)20(26-22)27-23(13-29)7-8-23/h2-3,12,15,29H,4-11,13H2,1H3,(H,25,26,27). The topological polar surface area (TPSA) is 97.2 Å². The lowest BCUT2D eigenvalue weighted by Gasteiger charge is -2.31. The molecule has 2 N–H and O–H groups in total. The van der Waals surface area contributed by atoms with Gasteiger partial charge in [0.2, 0.25) is 10.8 Å². The number of aromatic nitrogens is 3. The zero-order valence-electron chi connectivity index (χ0n) is 18.1. The molecule has 0 radical (unpaired) electrons. The molecule has 2 aliphatic heterocycles. The number of hydrogen-bond acceptors (Lipinski definition) is 8. The molecule has 6 rings (SSSR count). The highest BCUT2D eigenvalue weighted by Crippen LogP contribution is 2.42. The summed E-state index contributed by atoms with van der Waals surface area (Å²) in [6.45, 7) is 3.94. The SMILES string of the molecule is Cc1ccc2sc(C3CCN(c4nc5c(c(NC6(CO)CC6)n4)[S+]([O-])CC5)CC3)nc2c1. The fourth-order valence-corrected chi connectivity index (χ4v) is 7.11. The van der Waals surface area contributed by atoms with Crippen molar-refractivity contribution < 1.29 is 9.66 Å². The van der Waals surface area contributed by atoms with Crippen molar-refractivity contribution >= 4 is 44.5 Å². The molecule has 0 bridgehead atoms. The minimum atomic E-state index is -1.07. The fraction of sp³-hybridized carbons (Fsp3) is 0.522. The lowest BCUT2D eigenvalue weighted by molar-refractivity contribution is 0.265. The van der Waals surface area contributed by atoms with Crippen LogP contribution in [0.15, 0.2) is 23.1 Å². The minimum absolute atomic E-state index is 0.0703. The van der Waals surface area contributed by atoms with E-state index in [1.54, 1.807) is 0 Å². The summed E-state index contributed by atoms with van der Waals surface area (Å²) >= 11 is 0.750. The van der Waals surface area contributed by atoms with Gasteiger partial charge in [-0.1, -0.05) is 6.07 Å². The number of thiazole rings is 1. The van der Waals surface area contributed by atoms with Gasteiger partial charge in [-0.25, -0.2) is 9.97 Å². The number of anilines is 2. The molecule has 0 amide bonds. The summed E-state index contributed by atoms with van der Waals surface area (Å²) in [6, 6.07) is 6.50. The summed E-state index contributed by atoms with van der Waals surface area (Å²) < 4.78 is 13.8. The van der Waals surface area contributed by atoms with Gasteiger partial charge in [-0.3, -0.25) is 0 Å². The molecule has 3 aromatic rings. The maximum absolute atomic E-state index is 12.6. The first-order chi connectivity index (χ1) is 15.5. The summed E-state index contributed by atoms with van der Waals surface area (Å²) in [6.07, 6.45) is 4.59. The van der Waals surface area contributed by atoms with E-state index in [-0.39, 0.29) is 12.1 Å². The van der Waals surface area contributed by atoms with E-state index >= 15 is 0 Å². The lowest BCUT2D eigenvalue weighted by Crippen LogP contribution is -2.35. The van der Waals surface area contributed by atoms with Gasteiger partial charge < -0.3 is 19.9 Å². The predicted molar refractivity (Wildman–Crippen MR) is 128 cm³/mol. The van der Waals surface area contributed by atoms with Gasteiger partial charge in [-0.15, -0.1) is 11.3 Å². The van der Waals surface area contributed by atoms with E-state index in [4.69, 9.17) is 15.0 Å². The maximum atomic E-state index is 12.6. The highest BCUT2D eigenvalue weighted by molar-refractivity contribution is 7.91. The molecule has 32 heavy (non-hydrogen) atoms. The van der Waals surface area contributed by atoms with Crippen LogP contribution in [0.5, 0.6) is 0 Å². The molecule has 7 nitrogen and oxygen atoms in total. The fourth-order valence-electron chi connectivity index (χ4n) is 4.69. The molecule has 2 fully saturated rings. The summed E-state index contributed by atoms with van der Waals surface area (Å²) in [7, 11) is 0. The number of hydrogen-bond donors (Lipinski definition) is 2. The number of aryl methyl sites for hydroxylation is 2. The second kappa shape index (κ2) is 7.83. The van der Waals surface area contributed by atoms with E-state index in [0.29, 0.717) is 17.5 Å². The van der Waals surface area contributed by atoms with Gasteiger partial charge in [0.05, 0.1) is 27.4 Å². The third-order valence-electron chi connectivity index (χ3n) is 6.90. The van der Waals surface area contributed by atoms with Gasteiger partial charge in [-0.2, -0.15) is 4.98 Å². The molecule has 0 spiro atoms. The number of aliphatic hydroxyl groups excluding tert-OH is 1. The van der Waals surface area contributed by atoms with Crippen LogP contribution in [0.3, 0.4) is 0 Å². The van der Waals surface area contributed by atoms with Crippen LogP contribution >= 0.6 is 11.3 Å². The summed E-state index contributed by atoms with van der Waals surface area (Å²) in [5.74, 6) is 2.45. The van der Waals surface area contributed by atoms with E-state index in [0.717, 1.165) is 67.2 Å². The second-order valence-corrected chi connectivity index (χ2v) is 11.9. The van der Waals surface area contributed by atoms with Gasteiger partial charge in [0.25, 0.3) is 0 Å². The first-order valence-corrected chi connectivity index (χ1v) is 13.5. The molecular weight excluding hydrogens is 442 g/mol. The third-order valence-corrected chi connectivity index (χ3v) is 9.56. The van der Waals surface area contributed by atoms with Gasteiger partial charge in [-0.05, 0) is 61.5 Å². The van der Waals surface area contributed by atoms with E-state index in [1.165, 1.54) is 15.3 Å². The molecule has 168 valence electrons. The van der Waals surface area contributed by atoms with Crippen LogP contribution in [0.4, 0.5) is 11.8 Å². The highest BCUT2D eigenvalue weighted by Gasteiger charge is 2.45. The monoisotopic (exact) mass is 469 g/mol. The average Bonchev–Trinajstić information content (AvgIpc) is 3.28. The van der Waals surface area contributed by atoms with Crippen molar-refractivity contribution in [2.45, 2.75) is 55.4 Å². The number of aliphatic hydroxyl groups is 1. The number of fused-ring (bicyclic) bond motifs is 2.